The van der Waals surface area contributed by atoms with E-state index in [4.69, 9.17) is 9.47 Å². The second kappa shape index (κ2) is 6.58. The molecule has 2 atom stereocenters. The number of hydrogen-bond donors (Lipinski definition) is 1. The molecule has 4 nitrogen and oxygen atoms in total. The van der Waals surface area contributed by atoms with Crippen LogP contribution in [0.25, 0.3) is 0 Å². The standard InChI is InChI=1S/C17H16FNO3/c18-13-8-4-5-9-15(13)21-10-14(12-6-2-1-3-7-12)19-17(20)16-11-22-16/h1-9,14,16H,10-11H2,(H,19,20). The lowest BCUT2D eigenvalue weighted by molar-refractivity contribution is -0.123. The molecule has 0 aliphatic carbocycles. The number of carbonyl (C=O) groups is 1. The molecule has 1 aliphatic rings. The fourth-order valence-electron chi connectivity index (χ4n) is 2.11. The van der Waals surface area contributed by atoms with E-state index < -0.39 is 5.82 Å². The number of halogens is 1. The zero-order valence-corrected chi connectivity index (χ0v) is 11.9. The average Bonchev–Trinajstić information content (AvgIpc) is 3.38. The quantitative estimate of drug-likeness (QED) is 0.834. The third-order valence-electron chi connectivity index (χ3n) is 3.39. The molecule has 1 N–H and O–H groups in total. The Labute approximate surface area is 127 Å². The lowest BCUT2D eigenvalue weighted by atomic mass is 10.1. The first-order chi connectivity index (χ1) is 10.7. The maximum atomic E-state index is 13.6. The van der Waals surface area contributed by atoms with Crippen molar-refractivity contribution in [3.05, 3.63) is 66.0 Å². The zero-order chi connectivity index (χ0) is 15.4. The Morgan fingerprint density at radius 3 is 2.59 bits per heavy atom. The van der Waals surface area contributed by atoms with Crippen molar-refractivity contribution in [2.24, 2.45) is 0 Å². The van der Waals surface area contributed by atoms with Crippen molar-refractivity contribution in [1.82, 2.24) is 5.32 Å². The second-order valence-corrected chi connectivity index (χ2v) is 5.04. The molecule has 2 aromatic rings. The molecule has 22 heavy (non-hydrogen) atoms. The van der Waals surface area contributed by atoms with Crippen LogP contribution in [0.5, 0.6) is 5.75 Å². The van der Waals surface area contributed by atoms with Crippen LogP contribution in [0.2, 0.25) is 0 Å². The smallest absolute Gasteiger partial charge is 0.252 e. The number of carbonyl (C=O) groups excluding carboxylic acids is 1. The Bertz CT molecular complexity index is 643. The summed E-state index contributed by atoms with van der Waals surface area (Å²) in [4.78, 5) is 11.9. The van der Waals surface area contributed by atoms with Crippen molar-refractivity contribution < 1.29 is 18.7 Å². The third-order valence-corrected chi connectivity index (χ3v) is 3.39. The Kier molecular flexibility index (Phi) is 4.34. The van der Waals surface area contributed by atoms with E-state index in [0.29, 0.717) is 6.61 Å². The van der Waals surface area contributed by atoms with Crippen molar-refractivity contribution in [1.29, 1.82) is 0 Å². The number of epoxide rings is 1. The summed E-state index contributed by atoms with van der Waals surface area (Å²) < 4.78 is 24.1. The van der Waals surface area contributed by atoms with E-state index in [1.807, 2.05) is 30.3 Å². The van der Waals surface area contributed by atoms with Gasteiger partial charge >= 0.3 is 0 Å². The van der Waals surface area contributed by atoms with Crippen molar-refractivity contribution in [2.45, 2.75) is 12.1 Å². The zero-order valence-electron chi connectivity index (χ0n) is 11.9. The molecule has 3 rings (SSSR count). The summed E-state index contributed by atoms with van der Waals surface area (Å²) in [6.07, 6.45) is -0.375. The molecule has 0 spiro atoms. The van der Waals surface area contributed by atoms with Crippen LogP contribution < -0.4 is 10.1 Å². The van der Waals surface area contributed by atoms with Gasteiger partial charge in [-0.3, -0.25) is 4.79 Å². The van der Waals surface area contributed by atoms with E-state index in [-0.39, 0.29) is 30.4 Å². The van der Waals surface area contributed by atoms with E-state index in [9.17, 15) is 9.18 Å². The predicted octanol–water partition coefficient (Wildman–Crippen LogP) is 2.46. The minimum absolute atomic E-state index is 0.142. The number of hydrogen-bond acceptors (Lipinski definition) is 3. The van der Waals surface area contributed by atoms with E-state index >= 15 is 0 Å². The first-order valence-electron chi connectivity index (χ1n) is 7.08. The van der Waals surface area contributed by atoms with Crippen LogP contribution in [0, 0.1) is 5.82 Å². The fourth-order valence-corrected chi connectivity index (χ4v) is 2.11. The van der Waals surface area contributed by atoms with Gasteiger partial charge in [-0.15, -0.1) is 0 Å². The monoisotopic (exact) mass is 301 g/mol. The fraction of sp³-hybridized carbons (Fsp3) is 0.235. The number of amides is 1. The van der Waals surface area contributed by atoms with E-state index in [1.54, 1.807) is 18.2 Å². The van der Waals surface area contributed by atoms with Crippen LogP contribution in [0.1, 0.15) is 11.6 Å². The first kappa shape index (κ1) is 14.5. The van der Waals surface area contributed by atoms with Crippen LogP contribution in [-0.4, -0.2) is 25.2 Å². The van der Waals surface area contributed by atoms with Gasteiger partial charge < -0.3 is 14.8 Å². The van der Waals surface area contributed by atoms with Crippen molar-refractivity contribution in [3.63, 3.8) is 0 Å². The second-order valence-electron chi connectivity index (χ2n) is 5.04. The van der Waals surface area contributed by atoms with Crippen LogP contribution >= 0.6 is 0 Å². The summed E-state index contributed by atoms with van der Waals surface area (Å²) in [5.41, 5.74) is 0.896. The minimum Gasteiger partial charge on any atom is -0.488 e. The highest BCUT2D eigenvalue weighted by molar-refractivity contribution is 5.83. The molecule has 1 amide bonds. The van der Waals surface area contributed by atoms with Crippen molar-refractivity contribution in [3.8, 4) is 5.75 Å². The molecule has 0 saturated carbocycles. The molecule has 2 unspecified atom stereocenters. The van der Waals surface area contributed by atoms with Crippen molar-refractivity contribution >= 4 is 5.91 Å². The summed E-state index contributed by atoms with van der Waals surface area (Å²) in [5.74, 6) is -0.433. The average molecular weight is 301 g/mol. The molecule has 1 aliphatic heterocycles. The molecule has 1 saturated heterocycles. The number of nitrogens with one attached hydrogen (secondary N) is 1. The number of rotatable bonds is 6. The van der Waals surface area contributed by atoms with Gasteiger partial charge in [-0.2, -0.15) is 0 Å². The molecule has 0 bridgehead atoms. The number of para-hydroxylation sites is 1. The normalized spacial score (nSPS) is 17.6. The molecule has 114 valence electrons. The molecule has 0 radical (unpaired) electrons. The van der Waals surface area contributed by atoms with E-state index in [2.05, 4.69) is 5.32 Å². The Hall–Kier alpha value is -2.40. The summed E-state index contributed by atoms with van der Waals surface area (Å²) in [7, 11) is 0. The molecular formula is C17H16FNO3. The lowest BCUT2D eigenvalue weighted by Crippen LogP contribution is -2.35. The van der Waals surface area contributed by atoms with Gasteiger partial charge in [0, 0.05) is 0 Å². The van der Waals surface area contributed by atoms with Gasteiger partial charge in [-0.25, -0.2) is 4.39 Å². The highest BCUT2D eigenvalue weighted by atomic mass is 19.1. The Morgan fingerprint density at radius 1 is 1.23 bits per heavy atom. The maximum Gasteiger partial charge on any atom is 0.252 e. The number of ether oxygens (including phenoxy) is 2. The van der Waals surface area contributed by atoms with Gasteiger partial charge in [0.1, 0.15) is 6.61 Å². The number of benzene rings is 2. The minimum atomic E-state index is -0.425. The van der Waals surface area contributed by atoms with Gasteiger partial charge in [0.05, 0.1) is 12.6 Å². The van der Waals surface area contributed by atoms with Gasteiger partial charge in [-0.1, -0.05) is 42.5 Å². The SMILES string of the molecule is O=C(NC(COc1ccccc1F)c1ccccc1)C1CO1. The van der Waals surface area contributed by atoms with Crippen LogP contribution in [0.4, 0.5) is 4.39 Å². The summed E-state index contributed by atoms with van der Waals surface area (Å²) in [6, 6.07) is 15.3. The predicted molar refractivity (Wildman–Crippen MR) is 79.0 cm³/mol. The summed E-state index contributed by atoms with van der Waals surface area (Å²) in [6.45, 7) is 0.588. The lowest BCUT2D eigenvalue weighted by Gasteiger charge is -2.19. The largest absolute Gasteiger partial charge is 0.488 e. The molecule has 2 aromatic carbocycles. The molecule has 1 heterocycles. The van der Waals surface area contributed by atoms with Gasteiger partial charge in [0.15, 0.2) is 17.7 Å². The highest BCUT2D eigenvalue weighted by Gasteiger charge is 2.33. The molecule has 5 heteroatoms. The van der Waals surface area contributed by atoms with Gasteiger partial charge in [0.25, 0.3) is 5.91 Å². The van der Waals surface area contributed by atoms with Crippen molar-refractivity contribution in [2.75, 3.05) is 13.2 Å². The maximum absolute atomic E-state index is 13.6. The van der Waals surface area contributed by atoms with E-state index in [0.717, 1.165) is 5.56 Å². The molecule has 0 aromatic heterocycles. The summed E-state index contributed by atoms with van der Waals surface area (Å²) >= 11 is 0. The van der Waals surface area contributed by atoms with E-state index in [1.165, 1.54) is 6.07 Å². The highest BCUT2D eigenvalue weighted by Crippen LogP contribution is 2.20. The molecular weight excluding hydrogens is 285 g/mol. The van der Waals surface area contributed by atoms with Gasteiger partial charge in [-0.05, 0) is 17.7 Å². The Morgan fingerprint density at radius 2 is 1.91 bits per heavy atom. The first-order valence-corrected chi connectivity index (χ1v) is 7.08. The Balaban J connectivity index is 1.70. The summed E-state index contributed by atoms with van der Waals surface area (Å²) in [5, 5.41) is 2.87. The van der Waals surface area contributed by atoms with Crippen LogP contribution in [0.3, 0.4) is 0 Å². The third kappa shape index (κ3) is 3.62. The molecule has 1 fully saturated rings. The van der Waals surface area contributed by atoms with Crippen LogP contribution in [0.15, 0.2) is 54.6 Å². The van der Waals surface area contributed by atoms with Gasteiger partial charge in [0.2, 0.25) is 0 Å². The van der Waals surface area contributed by atoms with Crippen LogP contribution in [-0.2, 0) is 9.53 Å². The topological polar surface area (TPSA) is 50.9 Å².